The normalized spacial score (nSPS) is 22.9. The van der Waals surface area contributed by atoms with Crippen molar-refractivity contribution in [1.82, 2.24) is 4.90 Å². The Morgan fingerprint density at radius 2 is 2.10 bits per heavy atom. The number of hydrogen-bond donors (Lipinski definition) is 1. The van der Waals surface area contributed by atoms with Crippen LogP contribution in [0.2, 0.25) is 0 Å². The van der Waals surface area contributed by atoms with Gasteiger partial charge in [-0.1, -0.05) is 25.1 Å². The van der Waals surface area contributed by atoms with Gasteiger partial charge in [0.25, 0.3) is 0 Å². The van der Waals surface area contributed by atoms with E-state index in [-0.39, 0.29) is 17.9 Å². The molecule has 0 spiro atoms. The number of carbonyl (C=O) groups excluding carboxylic acids is 1. The Labute approximate surface area is 121 Å². The quantitative estimate of drug-likeness (QED) is 0.920. The van der Waals surface area contributed by atoms with Gasteiger partial charge in [-0.3, -0.25) is 4.79 Å². The molecule has 110 valence electrons. The first-order valence-electron chi connectivity index (χ1n) is 7.53. The van der Waals surface area contributed by atoms with Gasteiger partial charge >= 0.3 is 0 Å². The number of likely N-dealkylation sites (tertiary alicyclic amines) is 1. The average molecular weight is 275 g/mol. The van der Waals surface area contributed by atoms with Gasteiger partial charge in [0, 0.05) is 19.0 Å². The molecule has 0 bridgehead atoms. The zero-order chi connectivity index (χ0) is 14.7. The zero-order valence-corrected chi connectivity index (χ0v) is 12.7. The van der Waals surface area contributed by atoms with E-state index in [0.29, 0.717) is 25.9 Å². The van der Waals surface area contributed by atoms with Crippen LogP contribution in [-0.2, 0) is 11.2 Å². The first kappa shape index (κ1) is 15.0. The largest absolute Gasteiger partial charge is 0.393 e. The number of aryl methyl sites for hydroxylation is 2. The summed E-state index contributed by atoms with van der Waals surface area (Å²) in [6, 6.07) is 6.21. The van der Waals surface area contributed by atoms with Crippen LogP contribution < -0.4 is 0 Å². The Balaban J connectivity index is 1.99. The maximum Gasteiger partial charge on any atom is 0.227 e. The average Bonchev–Trinajstić information content (AvgIpc) is 2.43. The van der Waals surface area contributed by atoms with Gasteiger partial charge in [-0.2, -0.15) is 0 Å². The molecule has 1 aliphatic heterocycles. The lowest BCUT2D eigenvalue weighted by Gasteiger charge is -2.36. The molecule has 1 aromatic rings. The number of hydrogen-bond acceptors (Lipinski definition) is 2. The molecule has 2 rings (SSSR count). The Morgan fingerprint density at radius 3 is 2.75 bits per heavy atom. The van der Waals surface area contributed by atoms with E-state index in [9.17, 15) is 9.90 Å². The first-order valence-corrected chi connectivity index (χ1v) is 7.53. The smallest absolute Gasteiger partial charge is 0.227 e. The molecule has 20 heavy (non-hydrogen) atoms. The van der Waals surface area contributed by atoms with Gasteiger partial charge < -0.3 is 10.0 Å². The molecule has 0 radical (unpaired) electrons. The SMILES string of the molecule is CCC1CN(C(=O)Cc2ccc(C)c(C)c2)CCC1O. The van der Waals surface area contributed by atoms with Crippen molar-refractivity contribution in [3.63, 3.8) is 0 Å². The summed E-state index contributed by atoms with van der Waals surface area (Å²) >= 11 is 0. The molecule has 1 aliphatic rings. The number of nitrogens with zero attached hydrogens (tertiary/aromatic N) is 1. The second-order valence-corrected chi connectivity index (χ2v) is 5.96. The number of piperidine rings is 1. The fourth-order valence-corrected chi connectivity index (χ4v) is 2.85. The molecule has 1 fully saturated rings. The van der Waals surface area contributed by atoms with Crippen LogP contribution >= 0.6 is 0 Å². The maximum absolute atomic E-state index is 12.4. The van der Waals surface area contributed by atoms with Gasteiger partial charge in [-0.25, -0.2) is 0 Å². The lowest BCUT2D eigenvalue weighted by Crippen LogP contribution is -2.46. The Kier molecular flexibility index (Phi) is 4.81. The van der Waals surface area contributed by atoms with Crippen LogP contribution in [-0.4, -0.2) is 35.1 Å². The van der Waals surface area contributed by atoms with Gasteiger partial charge in [0.1, 0.15) is 0 Å². The van der Waals surface area contributed by atoms with Crippen molar-refractivity contribution in [3.05, 3.63) is 34.9 Å². The number of aliphatic hydroxyl groups is 1. The predicted molar refractivity (Wildman–Crippen MR) is 80.6 cm³/mol. The lowest BCUT2D eigenvalue weighted by molar-refractivity contribution is -0.134. The highest BCUT2D eigenvalue weighted by Gasteiger charge is 2.28. The Bertz CT molecular complexity index is 484. The summed E-state index contributed by atoms with van der Waals surface area (Å²) in [6.45, 7) is 7.61. The molecule has 3 nitrogen and oxygen atoms in total. The van der Waals surface area contributed by atoms with E-state index in [4.69, 9.17) is 0 Å². The van der Waals surface area contributed by atoms with Crippen molar-refractivity contribution in [2.24, 2.45) is 5.92 Å². The molecule has 0 aromatic heterocycles. The Hall–Kier alpha value is -1.35. The van der Waals surface area contributed by atoms with Crippen molar-refractivity contribution in [2.45, 2.75) is 46.1 Å². The monoisotopic (exact) mass is 275 g/mol. The molecular formula is C17H25NO2. The summed E-state index contributed by atoms with van der Waals surface area (Å²) in [6.07, 6.45) is 1.85. The van der Waals surface area contributed by atoms with Gasteiger partial charge in [0.2, 0.25) is 5.91 Å². The van der Waals surface area contributed by atoms with E-state index < -0.39 is 0 Å². The van der Waals surface area contributed by atoms with E-state index >= 15 is 0 Å². The molecular weight excluding hydrogens is 250 g/mol. The molecule has 1 aromatic carbocycles. The minimum absolute atomic E-state index is 0.179. The van der Waals surface area contributed by atoms with Crippen molar-refractivity contribution >= 4 is 5.91 Å². The van der Waals surface area contributed by atoms with Crippen LogP contribution in [0.25, 0.3) is 0 Å². The van der Waals surface area contributed by atoms with E-state index in [0.717, 1.165) is 12.0 Å². The third-order valence-electron chi connectivity index (χ3n) is 4.50. The predicted octanol–water partition coefficient (Wildman–Crippen LogP) is 2.47. The topological polar surface area (TPSA) is 40.5 Å². The summed E-state index contributed by atoms with van der Waals surface area (Å²) in [5, 5.41) is 9.89. The van der Waals surface area contributed by atoms with Crippen LogP contribution in [0, 0.1) is 19.8 Å². The summed E-state index contributed by atoms with van der Waals surface area (Å²) in [5.74, 6) is 0.408. The number of rotatable bonds is 3. The van der Waals surface area contributed by atoms with Crippen LogP contribution in [0.1, 0.15) is 36.5 Å². The van der Waals surface area contributed by atoms with E-state index in [1.54, 1.807) is 0 Å². The first-order chi connectivity index (χ1) is 9.51. The number of benzene rings is 1. The number of carbonyl (C=O) groups is 1. The fraction of sp³-hybridized carbons (Fsp3) is 0.588. The highest BCUT2D eigenvalue weighted by Crippen LogP contribution is 2.21. The van der Waals surface area contributed by atoms with Gasteiger partial charge in [-0.15, -0.1) is 0 Å². The molecule has 3 heteroatoms. The van der Waals surface area contributed by atoms with Gasteiger partial charge in [0.15, 0.2) is 0 Å². The second kappa shape index (κ2) is 6.40. The van der Waals surface area contributed by atoms with E-state index in [2.05, 4.69) is 32.9 Å². The number of aliphatic hydroxyl groups excluding tert-OH is 1. The maximum atomic E-state index is 12.4. The fourth-order valence-electron chi connectivity index (χ4n) is 2.85. The molecule has 1 heterocycles. The summed E-state index contributed by atoms with van der Waals surface area (Å²) in [5.41, 5.74) is 3.57. The zero-order valence-electron chi connectivity index (χ0n) is 12.7. The van der Waals surface area contributed by atoms with Gasteiger partial charge in [0.05, 0.1) is 12.5 Å². The molecule has 0 aliphatic carbocycles. The number of amides is 1. The molecule has 1 N–H and O–H groups in total. The van der Waals surface area contributed by atoms with E-state index in [1.807, 2.05) is 11.0 Å². The van der Waals surface area contributed by atoms with Crippen molar-refractivity contribution in [1.29, 1.82) is 0 Å². The molecule has 1 amide bonds. The van der Waals surface area contributed by atoms with Crippen LogP contribution in [0.5, 0.6) is 0 Å². The minimum Gasteiger partial charge on any atom is -0.393 e. The molecule has 1 saturated heterocycles. The van der Waals surface area contributed by atoms with Crippen molar-refractivity contribution in [2.75, 3.05) is 13.1 Å². The molecule has 2 atom stereocenters. The molecule has 2 unspecified atom stereocenters. The van der Waals surface area contributed by atoms with Crippen molar-refractivity contribution < 1.29 is 9.90 Å². The highest BCUT2D eigenvalue weighted by molar-refractivity contribution is 5.79. The standard InChI is InChI=1S/C17H25NO2/c1-4-15-11-18(8-7-16(15)19)17(20)10-14-6-5-12(2)13(3)9-14/h5-6,9,15-16,19H,4,7-8,10-11H2,1-3H3. The minimum atomic E-state index is -0.245. The summed E-state index contributed by atoms with van der Waals surface area (Å²) in [4.78, 5) is 14.3. The van der Waals surface area contributed by atoms with E-state index in [1.165, 1.54) is 11.1 Å². The second-order valence-electron chi connectivity index (χ2n) is 5.96. The molecule has 0 saturated carbocycles. The van der Waals surface area contributed by atoms with Crippen LogP contribution in [0.4, 0.5) is 0 Å². The van der Waals surface area contributed by atoms with Gasteiger partial charge in [-0.05, 0) is 43.4 Å². The summed E-state index contributed by atoms with van der Waals surface area (Å²) in [7, 11) is 0. The third-order valence-corrected chi connectivity index (χ3v) is 4.50. The van der Waals surface area contributed by atoms with Crippen LogP contribution in [0.15, 0.2) is 18.2 Å². The lowest BCUT2D eigenvalue weighted by atomic mass is 9.92. The highest BCUT2D eigenvalue weighted by atomic mass is 16.3. The summed E-state index contributed by atoms with van der Waals surface area (Å²) < 4.78 is 0. The third kappa shape index (κ3) is 3.40. The van der Waals surface area contributed by atoms with Crippen LogP contribution in [0.3, 0.4) is 0 Å². The van der Waals surface area contributed by atoms with Crippen molar-refractivity contribution in [3.8, 4) is 0 Å². The Morgan fingerprint density at radius 1 is 1.35 bits per heavy atom.